The van der Waals surface area contributed by atoms with Crippen molar-refractivity contribution < 1.29 is 4.79 Å². The van der Waals surface area contributed by atoms with Crippen molar-refractivity contribution in [3.63, 3.8) is 0 Å². The number of hydrogen-bond donors (Lipinski definition) is 0. The zero-order valence-corrected chi connectivity index (χ0v) is 14.6. The van der Waals surface area contributed by atoms with Gasteiger partial charge in [-0.1, -0.05) is 0 Å². The standard InChI is InChI=1S/C17H22N4OS/c1-12-6-8-23-16(12)17(22)21-7-4-5-15(21)14-10-18-9-13(19-14)11-20(2)3/h6,8-10,15H,4-5,7,11H2,1-3H3. The molecule has 0 aromatic carbocycles. The zero-order valence-electron chi connectivity index (χ0n) is 13.8. The van der Waals surface area contributed by atoms with Gasteiger partial charge >= 0.3 is 0 Å². The van der Waals surface area contributed by atoms with Crippen LogP contribution in [-0.4, -0.2) is 46.3 Å². The minimum absolute atomic E-state index is 0.0404. The summed E-state index contributed by atoms with van der Waals surface area (Å²) < 4.78 is 0. The summed E-state index contributed by atoms with van der Waals surface area (Å²) in [6, 6.07) is 2.04. The van der Waals surface area contributed by atoms with Gasteiger partial charge in [0.15, 0.2) is 0 Å². The summed E-state index contributed by atoms with van der Waals surface area (Å²) in [4.78, 5) is 26.8. The maximum atomic E-state index is 12.9. The number of nitrogens with zero attached hydrogens (tertiary/aromatic N) is 4. The van der Waals surface area contributed by atoms with E-state index in [4.69, 9.17) is 4.98 Å². The lowest BCUT2D eigenvalue weighted by atomic mass is 10.1. The van der Waals surface area contributed by atoms with E-state index in [0.29, 0.717) is 0 Å². The van der Waals surface area contributed by atoms with Gasteiger partial charge in [-0.25, -0.2) is 0 Å². The molecule has 1 aliphatic heterocycles. The van der Waals surface area contributed by atoms with E-state index >= 15 is 0 Å². The van der Waals surface area contributed by atoms with Gasteiger partial charge in [-0.15, -0.1) is 11.3 Å². The minimum atomic E-state index is 0.0404. The van der Waals surface area contributed by atoms with E-state index < -0.39 is 0 Å². The number of carbonyl (C=O) groups is 1. The van der Waals surface area contributed by atoms with Gasteiger partial charge in [0.2, 0.25) is 0 Å². The van der Waals surface area contributed by atoms with E-state index in [1.54, 1.807) is 12.4 Å². The van der Waals surface area contributed by atoms with Gasteiger partial charge in [-0.3, -0.25) is 14.8 Å². The fraction of sp³-hybridized carbons (Fsp3) is 0.471. The Morgan fingerprint density at radius 3 is 2.96 bits per heavy atom. The average molecular weight is 330 g/mol. The van der Waals surface area contributed by atoms with Crippen LogP contribution < -0.4 is 0 Å². The highest BCUT2D eigenvalue weighted by Crippen LogP contribution is 2.33. The maximum Gasteiger partial charge on any atom is 0.264 e. The summed E-state index contributed by atoms with van der Waals surface area (Å²) in [6.07, 6.45) is 5.57. The van der Waals surface area contributed by atoms with Crippen molar-refractivity contribution in [2.24, 2.45) is 0 Å². The van der Waals surface area contributed by atoms with Crippen LogP contribution in [0.1, 0.15) is 45.5 Å². The first-order valence-corrected chi connectivity index (χ1v) is 8.75. The molecule has 1 unspecified atom stereocenters. The number of thiophene rings is 1. The van der Waals surface area contributed by atoms with Crippen LogP contribution in [0.4, 0.5) is 0 Å². The van der Waals surface area contributed by atoms with Gasteiger partial charge in [0.25, 0.3) is 5.91 Å². The molecule has 3 heterocycles. The van der Waals surface area contributed by atoms with Crippen molar-refractivity contribution in [3.05, 3.63) is 45.7 Å². The van der Waals surface area contributed by atoms with Crippen LogP contribution in [0.15, 0.2) is 23.8 Å². The number of carbonyl (C=O) groups excluding carboxylic acids is 1. The number of amides is 1. The molecule has 1 saturated heterocycles. The molecule has 23 heavy (non-hydrogen) atoms. The highest BCUT2D eigenvalue weighted by molar-refractivity contribution is 7.12. The second kappa shape index (κ2) is 6.76. The van der Waals surface area contributed by atoms with E-state index in [0.717, 1.165) is 47.8 Å². The minimum Gasteiger partial charge on any atom is -0.329 e. The smallest absolute Gasteiger partial charge is 0.264 e. The molecule has 0 spiro atoms. The van der Waals surface area contributed by atoms with Gasteiger partial charge in [0.05, 0.1) is 28.5 Å². The molecule has 122 valence electrons. The van der Waals surface area contributed by atoms with Gasteiger partial charge in [-0.2, -0.15) is 0 Å². The lowest BCUT2D eigenvalue weighted by molar-refractivity contribution is 0.0736. The van der Waals surface area contributed by atoms with Crippen LogP contribution >= 0.6 is 11.3 Å². The van der Waals surface area contributed by atoms with Crippen LogP contribution in [0.2, 0.25) is 0 Å². The molecular weight excluding hydrogens is 308 g/mol. The summed E-state index contributed by atoms with van der Waals surface area (Å²) in [7, 11) is 4.03. The molecule has 1 fully saturated rings. The van der Waals surface area contributed by atoms with E-state index in [2.05, 4.69) is 9.88 Å². The highest BCUT2D eigenvalue weighted by atomic mass is 32.1. The van der Waals surface area contributed by atoms with Crippen LogP contribution in [0.25, 0.3) is 0 Å². The Labute approximate surface area is 141 Å². The van der Waals surface area contributed by atoms with Gasteiger partial charge in [-0.05, 0) is 50.9 Å². The first-order valence-electron chi connectivity index (χ1n) is 7.87. The molecule has 0 aliphatic carbocycles. The SMILES string of the molecule is Cc1ccsc1C(=O)N1CCCC1c1cncc(CN(C)C)n1. The summed E-state index contributed by atoms with van der Waals surface area (Å²) in [5.41, 5.74) is 2.90. The quantitative estimate of drug-likeness (QED) is 0.865. The lowest BCUT2D eigenvalue weighted by Gasteiger charge is -2.24. The van der Waals surface area contributed by atoms with Crippen LogP contribution in [0, 0.1) is 6.92 Å². The molecule has 5 nitrogen and oxygen atoms in total. The molecule has 2 aromatic rings. The van der Waals surface area contributed by atoms with Gasteiger partial charge in [0, 0.05) is 19.3 Å². The summed E-state index contributed by atoms with van der Waals surface area (Å²) in [5, 5.41) is 1.98. The van der Waals surface area contributed by atoms with Crippen molar-refractivity contribution in [1.82, 2.24) is 19.8 Å². The Balaban J connectivity index is 1.84. The molecule has 1 atom stereocenters. The van der Waals surface area contributed by atoms with Crippen LogP contribution in [-0.2, 0) is 6.54 Å². The third-order valence-corrected chi connectivity index (χ3v) is 5.10. The van der Waals surface area contributed by atoms with E-state index in [1.165, 1.54) is 11.3 Å². The van der Waals surface area contributed by atoms with Crippen LogP contribution in [0.5, 0.6) is 0 Å². The fourth-order valence-corrected chi connectivity index (χ4v) is 3.90. The number of hydrogen-bond acceptors (Lipinski definition) is 5. The summed E-state index contributed by atoms with van der Waals surface area (Å²) in [6.45, 7) is 3.54. The Bertz CT molecular complexity index is 697. The predicted molar refractivity (Wildman–Crippen MR) is 91.5 cm³/mol. The van der Waals surface area contributed by atoms with E-state index in [1.807, 2.05) is 37.4 Å². The average Bonchev–Trinajstić information content (AvgIpc) is 3.15. The molecule has 0 bridgehead atoms. The van der Waals surface area contributed by atoms with Gasteiger partial charge < -0.3 is 9.80 Å². The molecule has 1 amide bonds. The first kappa shape index (κ1) is 16.1. The Morgan fingerprint density at radius 2 is 2.26 bits per heavy atom. The Kier molecular flexibility index (Phi) is 4.73. The summed E-state index contributed by atoms with van der Waals surface area (Å²) >= 11 is 1.52. The third-order valence-electron chi connectivity index (χ3n) is 4.09. The Hall–Kier alpha value is -1.79. The number of aromatic nitrogens is 2. The molecule has 2 aromatic heterocycles. The van der Waals surface area contributed by atoms with Crippen molar-refractivity contribution in [2.75, 3.05) is 20.6 Å². The number of rotatable bonds is 4. The molecule has 0 saturated carbocycles. The zero-order chi connectivity index (χ0) is 16.4. The predicted octanol–water partition coefficient (Wildman–Crippen LogP) is 2.89. The molecule has 0 radical (unpaired) electrons. The molecule has 6 heteroatoms. The lowest BCUT2D eigenvalue weighted by Crippen LogP contribution is -2.31. The largest absolute Gasteiger partial charge is 0.329 e. The molecule has 3 rings (SSSR count). The van der Waals surface area contributed by atoms with Crippen molar-refractivity contribution in [2.45, 2.75) is 32.4 Å². The molecular formula is C17H22N4OS. The normalized spacial score (nSPS) is 17.9. The summed E-state index contributed by atoms with van der Waals surface area (Å²) in [5.74, 6) is 0.125. The van der Waals surface area contributed by atoms with Crippen LogP contribution in [0.3, 0.4) is 0 Å². The fourth-order valence-electron chi connectivity index (χ4n) is 3.02. The van der Waals surface area contributed by atoms with Crippen molar-refractivity contribution in [1.29, 1.82) is 0 Å². The third kappa shape index (κ3) is 3.43. The van der Waals surface area contributed by atoms with Gasteiger partial charge in [0.1, 0.15) is 0 Å². The molecule has 0 N–H and O–H groups in total. The maximum absolute atomic E-state index is 12.9. The van der Waals surface area contributed by atoms with E-state index in [-0.39, 0.29) is 11.9 Å². The second-order valence-corrected chi connectivity index (χ2v) is 7.18. The monoisotopic (exact) mass is 330 g/mol. The Morgan fingerprint density at radius 1 is 1.43 bits per heavy atom. The highest BCUT2D eigenvalue weighted by Gasteiger charge is 2.32. The van der Waals surface area contributed by atoms with E-state index in [9.17, 15) is 4.79 Å². The molecule has 1 aliphatic rings. The van der Waals surface area contributed by atoms with Crippen molar-refractivity contribution in [3.8, 4) is 0 Å². The number of aryl methyl sites for hydroxylation is 1. The second-order valence-electron chi connectivity index (χ2n) is 6.26. The van der Waals surface area contributed by atoms with Crippen molar-refractivity contribution >= 4 is 17.2 Å². The topological polar surface area (TPSA) is 49.3 Å². The first-order chi connectivity index (χ1) is 11.1. The number of likely N-dealkylation sites (tertiary alicyclic amines) is 1.